The number of amides is 3. The molecule has 3 amide bonds. The standard InChI is InChI=1S/C45H58N8O10S/c1-29-40(64-28-50-29)31-7-5-30(6-8-31)23-49-42(56)37-21-33(54)25-53(37)43(57)41(45(2,3)4)52-39(55)27-60-18-17-58-15-16-59-19-20-61-35-10-9-32(48-24-35)26-62-34-11-12-38-36(22-34)51-44(63-38)47-14-13-46/h5-12,22,24,28,33,37,41,54H,13-21,23,25-27,46H2,1-4H3,(H,47,51)(H,49,56)(H,52,55)/t33-,37+,41-/m1/s1. The van der Waals surface area contributed by atoms with Gasteiger partial charge < -0.3 is 59.8 Å². The molecule has 64 heavy (non-hydrogen) atoms. The number of carbonyl (C=O) groups excluding carboxylic acids is 3. The van der Waals surface area contributed by atoms with Gasteiger partial charge in [-0.05, 0) is 47.7 Å². The number of oxazole rings is 1. The maximum Gasteiger partial charge on any atom is 0.295 e. The smallest absolute Gasteiger partial charge is 0.295 e. The normalized spacial score (nSPS) is 15.6. The Hall–Kier alpha value is -5.70. The summed E-state index contributed by atoms with van der Waals surface area (Å²) in [5, 5.41) is 19.2. The first-order valence-electron chi connectivity index (χ1n) is 21.2. The maximum absolute atomic E-state index is 13.9. The van der Waals surface area contributed by atoms with E-state index < -0.39 is 35.4 Å². The molecule has 0 spiro atoms. The van der Waals surface area contributed by atoms with Gasteiger partial charge in [-0.25, -0.2) is 4.98 Å². The number of likely N-dealkylation sites (tertiary alicyclic amines) is 1. The summed E-state index contributed by atoms with van der Waals surface area (Å²) in [6.45, 7) is 10.4. The van der Waals surface area contributed by atoms with E-state index in [-0.39, 0.29) is 51.8 Å². The number of aliphatic hydroxyl groups is 1. The number of nitrogens with one attached hydrogen (secondary N) is 3. The zero-order valence-corrected chi connectivity index (χ0v) is 37.5. The fraction of sp³-hybridized carbons (Fsp3) is 0.467. The van der Waals surface area contributed by atoms with Gasteiger partial charge in [0.1, 0.15) is 48.9 Å². The van der Waals surface area contributed by atoms with Crippen molar-refractivity contribution < 1.29 is 47.6 Å². The van der Waals surface area contributed by atoms with E-state index in [1.54, 1.807) is 29.7 Å². The average molecular weight is 903 g/mol. The number of thiazole rings is 1. The predicted molar refractivity (Wildman–Crippen MR) is 240 cm³/mol. The molecule has 18 nitrogen and oxygen atoms in total. The average Bonchev–Trinajstić information content (AvgIpc) is 4.02. The van der Waals surface area contributed by atoms with Crippen molar-refractivity contribution in [1.82, 2.24) is 30.5 Å². The highest BCUT2D eigenvalue weighted by Gasteiger charge is 2.44. The number of hydrogen-bond acceptors (Lipinski definition) is 16. The Morgan fingerprint density at radius 2 is 1.69 bits per heavy atom. The number of benzene rings is 2. The van der Waals surface area contributed by atoms with E-state index in [9.17, 15) is 19.5 Å². The largest absolute Gasteiger partial charge is 0.490 e. The van der Waals surface area contributed by atoms with Crippen molar-refractivity contribution in [1.29, 1.82) is 0 Å². The van der Waals surface area contributed by atoms with Crippen molar-refractivity contribution in [2.75, 3.05) is 71.2 Å². The summed E-state index contributed by atoms with van der Waals surface area (Å²) < 4.78 is 33.9. The molecule has 1 aliphatic rings. The van der Waals surface area contributed by atoms with Gasteiger partial charge in [0.15, 0.2) is 5.58 Å². The lowest BCUT2D eigenvalue weighted by atomic mass is 9.85. The van der Waals surface area contributed by atoms with Gasteiger partial charge >= 0.3 is 0 Å². The maximum atomic E-state index is 13.9. The predicted octanol–water partition coefficient (Wildman–Crippen LogP) is 3.84. The second-order valence-corrected chi connectivity index (χ2v) is 17.1. The summed E-state index contributed by atoms with van der Waals surface area (Å²) in [6, 6.07) is 15.5. The third-order valence-electron chi connectivity index (χ3n) is 10.1. The highest BCUT2D eigenvalue weighted by molar-refractivity contribution is 7.13. The fourth-order valence-corrected chi connectivity index (χ4v) is 7.61. The number of pyridine rings is 1. The SMILES string of the molecule is Cc1ncsc1-c1ccc(CNC(=O)[C@@H]2C[C@@H](O)CN2C(=O)[C@@H](NC(=O)COCCOCCOCCOc2ccc(COc3ccc4oc(NCCN)nc4c3)nc2)C(C)(C)C)cc1. The number of carbonyl (C=O) groups is 3. The van der Waals surface area contributed by atoms with Crippen LogP contribution in [0, 0.1) is 12.3 Å². The number of ether oxygens (including phenoxy) is 5. The third-order valence-corrected chi connectivity index (χ3v) is 11.1. The topological polar surface area (TPSA) is 235 Å². The second kappa shape index (κ2) is 23.3. The van der Waals surface area contributed by atoms with Crippen molar-refractivity contribution in [3.8, 4) is 21.9 Å². The molecule has 0 unspecified atom stereocenters. The van der Waals surface area contributed by atoms with Crippen LogP contribution in [-0.2, 0) is 41.7 Å². The van der Waals surface area contributed by atoms with E-state index in [0.29, 0.717) is 68.1 Å². The summed E-state index contributed by atoms with van der Waals surface area (Å²) in [6.07, 6.45) is 0.853. The number of fused-ring (bicyclic) bond motifs is 1. The molecule has 1 saturated heterocycles. The lowest BCUT2D eigenvalue weighted by Crippen LogP contribution is -2.58. The zero-order chi connectivity index (χ0) is 45.5. The molecule has 0 saturated carbocycles. The van der Waals surface area contributed by atoms with E-state index in [1.165, 1.54) is 4.90 Å². The number of rotatable bonds is 24. The zero-order valence-electron chi connectivity index (χ0n) is 36.7. The fourth-order valence-electron chi connectivity index (χ4n) is 6.80. The molecule has 3 aromatic heterocycles. The number of β-amino-alcohol motifs (C(OH)–C–C–N with tert-alkyl or cyclic N) is 1. The van der Waals surface area contributed by atoms with Crippen LogP contribution in [0.4, 0.5) is 6.01 Å². The van der Waals surface area contributed by atoms with Gasteiger partial charge in [-0.2, -0.15) is 4.98 Å². The number of aryl methyl sites for hydroxylation is 1. The summed E-state index contributed by atoms with van der Waals surface area (Å²) in [5.41, 5.74) is 11.6. The van der Waals surface area contributed by atoms with Crippen molar-refractivity contribution in [3.63, 3.8) is 0 Å². The van der Waals surface area contributed by atoms with Gasteiger partial charge in [-0.3, -0.25) is 19.4 Å². The Labute approximate surface area is 376 Å². The van der Waals surface area contributed by atoms with Gasteiger partial charge in [-0.1, -0.05) is 45.0 Å². The molecule has 2 aromatic carbocycles. The summed E-state index contributed by atoms with van der Waals surface area (Å²) in [4.78, 5) is 55.8. The lowest BCUT2D eigenvalue weighted by molar-refractivity contribution is -0.144. The minimum atomic E-state index is -0.965. The van der Waals surface area contributed by atoms with Gasteiger partial charge in [0.25, 0.3) is 6.01 Å². The van der Waals surface area contributed by atoms with Crippen LogP contribution >= 0.6 is 11.3 Å². The molecule has 3 atom stereocenters. The van der Waals surface area contributed by atoms with Crippen LogP contribution in [-0.4, -0.2) is 127 Å². The van der Waals surface area contributed by atoms with Gasteiger partial charge in [0, 0.05) is 38.7 Å². The minimum absolute atomic E-state index is 0.0172. The van der Waals surface area contributed by atoms with Crippen molar-refractivity contribution in [2.45, 2.75) is 65.5 Å². The highest BCUT2D eigenvalue weighted by Crippen LogP contribution is 2.29. The monoisotopic (exact) mass is 902 g/mol. The van der Waals surface area contributed by atoms with E-state index in [2.05, 4.69) is 30.9 Å². The van der Waals surface area contributed by atoms with Crippen molar-refractivity contribution in [3.05, 3.63) is 83.3 Å². The van der Waals surface area contributed by atoms with Crippen LogP contribution in [0.1, 0.15) is 44.1 Å². The number of aliphatic hydroxyl groups excluding tert-OH is 1. The first-order chi connectivity index (χ1) is 30.9. The molecule has 4 heterocycles. The third kappa shape index (κ3) is 13.9. The van der Waals surface area contributed by atoms with E-state index in [1.807, 2.05) is 75.7 Å². The van der Waals surface area contributed by atoms with Gasteiger partial charge in [0.05, 0.1) is 67.1 Å². The van der Waals surface area contributed by atoms with Crippen LogP contribution in [0.2, 0.25) is 0 Å². The molecule has 344 valence electrons. The van der Waals surface area contributed by atoms with Crippen molar-refractivity contribution >= 4 is 46.2 Å². The molecular formula is C45H58N8O10S. The summed E-state index contributed by atoms with van der Waals surface area (Å²) in [7, 11) is 0. The number of hydrogen-bond donors (Lipinski definition) is 5. The molecule has 5 aromatic rings. The van der Waals surface area contributed by atoms with Crippen molar-refractivity contribution in [2.24, 2.45) is 11.1 Å². The lowest BCUT2D eigenvalue weighted by Gasteiger charge is -2.35. The number of aromatic nitrogens is 3. The Morgan fingerprint density at radius 3 is 2.38 bits per heavy atom. The molecular weight excluding hydrogens is 845 g/mol. The highest BCUT2D eigenvalue weighted by atomic mass is 32.1. The Bertz CT molecular complexity index is 2260. The Balaban J connectivity index is 0.818. The minimum Gasteiger partial charge on any atom is -0.490 e. The van der Waals surface area contributed by atoms with Gasteiger partial charge in [-0.15, -0.1) is 11.3 Å². The molecule has 0 radical (unpaired) electrons. The first kappa shape index (κ1) is 47.8. The number of anilines is 1. The quantitative estimate of drug-likeness (QED) is 0.0554. The van der Waals surface area contributed by atoms with Crippen LogP contribution < -0.4 is 31.2 Å². The van der Waals surface area contributed by atoms with Crippen LogP contribution in [0.25, 0.3) is 21.5 Å². The number of nitrogens with zero attached hydrogens (tertiary/aromatic N) is 4. The molecule has 1 fully saturated rings. The van der Waals surface area contributed by atoms with E-state index in [4.69, 9.17) is 33.8 Å². The Morgan fingerprint density at radius 1 is 0.953 bits per heavy atom. The summed E-state index contributed by atoms with van der Waals surface area (Å²) >= 11 is 1.57. The molecule has 1 aliphatic heterocycles. The van der Waals surface area contributed by atoms with Crippen LogP contribution in [0.3, 0.4) is 0 Å². The Kier molecular flexibility index (Phi) is 17.4. The molecule has 0 aliphatic carbocycles. The van der Waals surface area contributed by atoms with Gasteiger partial charge in [0.2, 0.25) is 17.7 Å². The first-order valence-corrected chi connectivity index (χ1v) is 22.1. The van der Waals surface area contributed by atoms with Crippen LogP contribution in [0.5, 0.6) is 11.5 Å². The number of nitrogens with two attached hydrogens (primary N) is 1. The van der Waals surface area contributed by atoms with E-state index >= 15 is 0 Å². The van der Waals surface area contributed by atoms with E-state index in [0.717, 1.165) is 27.4 Å². The summed E-state index contributed by atoms with van der Waals surface area (Å²) in [5.74, 6) is -0.0661. The van der Waals surface area contributed by atoms with Crippen LogP contribution in [0.15, 0.2) is 70.7 Å². The second-order valence-electron chi connectivity index (χ2n) is 16.2. The molecule has 0 bridgehead atoms. The molecule has 19 heteroatoms. The molecule has 6 N–H and O–H groups in total. The molecule has 6 rings (SSSR count).